The fourth-order valence-electron chi connectivity index (χ4n) is 2.77. The summed E-state index contributed by atoms with van der Waals surface area (Å²) in [4.78, 5) is 16.6. The third kappa shape index (κ3) is 3.74. The SMILES string of the molecule is O=C(N[C@H](Cn1ccnc1)c1ccccc1)C1CCOCC1. The summed E-state index contributed by atoms with van der Waals surface area (Å²) < 4.78 is 7.32. The maximum Gasteiger partial charge on any atom is 0.223 e. The number of aromatic nitrogens is 2. The number of imidazole rings is 1. The molecule has 116 valence electrons. The van der Waals surface area contributed by atoms with Gasteiger partial charge in [0.15, 0.2) is 0 Å². The topological polar surface area (TPSA) is 56.2 Å². The molecule has 0 bridgehead atoms. The molecule has 1 aromatic heterocycles. The minimum Gasteiger partial charge on any atom is -0.381 e. The van der Waals surface area contributed by atoms with Crippen molar-refractivity contribution in [2.45, 2.75) is 25.4 Å². The van der Waals surface area contributed by atoms with Gasteiger partial charge in [-0.1, -0.05) is 30.3 Å². The van der Waals surface area contributed by atoms with Crippen LogP contribution in [0.15, 0.2) is 49.1 Å². The summed E-state index contributed by atoms with van der Waals surface area (Å²) in [5.41, 5.74) is 1.11. The van der Waals surface area contributed by atoms with Gasteiger partial charge in [-0.05, 0) is 18.4 Å². The van der Waals surface area contributed by atoms with Crippen molar-refractivity contribution in [3.05, 3.63) is 54.6 Å². The van der Waals surface area contributed by atoms with Crippen LogP contribution in [-0.4, -0.2) is 28.7 Å². The van der Waals surface area contributed by atoms with Crippen molar-refractivity contribution in [1.82, 2.24) is 14.9 Å². The van der Waals surface area contributed by atoms with E-state index in [1.54, 1.807) is 12.5 Å². The molecule has 0 unspecified atom stereocenters. The number of rotatable bonds is 5. The lowest BCUT2D eigenvalue weighted by atomic mass is 9.98. The van der Waals surface area contributed by atoms with Crippen molar-refractivity contribution in [1.29, 1.82) is 0 Å². The standard InChI is InChI=1S/C17H21N3O2/c21-17(15-6-10-22-11-7-15)19-16(12-20-9-8-18-13-20)14-4-2-1-3-5-14/h1-5,8-9,13,15-16H,6-7,10-12H2,(H,19,21)/t16-/m1/s1. The number of carbonyl (C=O) groups is 1. The van der Waals surface area contributed by atoms with E-state index in [-0.39, 0.29) is 17.9 Å². The molecule has 2 heterocycles. The van der Waals surface area contributed by atoms with E-state index in [0.29, 0.717) is 19.8 Å². The first-order valence-electron chi connectivity index (χ1n) is 7.72. The second-order valence-corrected chi connectivity index (χ2v) is 5.62. The molecule has 1 amide bonds. The number of nitrogens with zero attached hydrogens (tertiary/aromatic N) is 2. The van der Waals surface area contributed by atoms with E-state index in [1.165, 1.54) is 0 Å². The Hall–Kier alpha value is -2.14. The normalized spacial score (nSPS) is 17.1. The predicted molar refractivity (Wildman–Crippen MR) is 83.1 cm³/mol. The molecule has 22 heavy (non-hydrogen) atoms. The Labute approximate surface area is 130 Å². The van der Waals surface area contributed by atoms with Crippen LogP contribution in [-0.2, 0) is 16.1 Å². The molecule has 1 atom stereocenters. The molecular weight excluding hydrogens is 278 g/mol. The first-order chi connectivity index (χ1) is 10.8. The fraction of sp³-hybridized carbons (Fsp3) is 0.412. The molecule has 1 aromatic carbocycles. The number of hydrogen-bond acceptors (Lipinski definition) is 3. The van der Waals surface area contributed by atoms with Crippen molar-refractivity contribution < 1.29 is 9.53 Å². The van der Waals surface area contributed by atoms with Gasteiger partial charge in [-0.25, -0.2) is 4.98 Å². The Kier molecular flexibility index (Phi) is 4.85. The average molecular weight is 299 g/mol. The summed E-state index contributed by atoms with van der Waals surface area (Å²) in [6.45, 7) is 2.03. The number of benzene rings is 1. The van der Waals surface area contributed by atoms with Gasteiger partial charge in [0.1, 0.15) is 0 Å². The lowest BCUT2D eigenvalue weighted by molar-refractivity contribution is -0.128. The van der Waals surface area contributed by atoms with Crippen molar-refractivity contribution in [3.8, 4) is 0 Å². The third-order valence-corrected chi connectivity index (χ3v) is 4.06. The summed E-state index contributed by atoms with van der Waals surface area (Å²) in [6.07, 6.45) is 7.05. The van der Waals surface area contributed by atoms with Gasteiger partial charge in [0.05, 0.1) is 12.4 Å². The van der Waals surface area contributed by atoms with Gasteiger partial charge in [-0.2, -0.15) is 0 Å². The molecule has 1 N–H and O–H groups in total. The van der Waals surface area contributed by atoms with Gasteiger partial charge in [-0.15, -0.1) is 0 Å². The first kappa shape index (κ1) is 14.8. The minimum absolute atomic E-state index is 0.0502. The Morgan fingerprint density at radius 2 is 2.09 bits per heavy atom. The zero-order valence-corrected chi connectivity index (χ0v) is 12.5. The highest BCUT2D eigenvalue weighted by atomic mass is 16.5. The Morgan fingerprint density at radius 3 is 2.77 bits per heavy atom. The molecule has 1 aliphatic heterocycles. The monoisotopic (exact) mass is 299 g/mol. The molecule has 3 rings (SSSR count). The van der Waals surface area contributed by atoms with Crippen LogP contribution in [0.5, 0.6) is 0 Å². The molecule has 5 heteroatoms. The van der Waals surface area contributed by atoms with Gasteiger partial charge < -0.3 is 14.6 Å². The number of ether oxygens (including phenoxy) is 1. The molecule has 0 radical (unpaired) electrons. The van der Waals surface area contributed by atoms with Crippen LogP contribution in [0.2, 0.25) is 0 Å². The van der Waals surface area contributed by atoms with E-state index in [2.05, 4.69) is 10.3 Å². The Morgan fingerprint density at radius 1 is 1.32 bits per heavy atom. The summed E-state index contributed by atoms with van der Waals surface area (Å²) in [7, 11) is 0. The molecular formula is C17H21N3O2. The quantitative estimate of drug-likeness (QED) is 0.920. The molecule has 1 fully saturated rings. The van der Waals surface area contributed by atoms with Crippen molar-refractivity contribution in [2.24, 2.45) is 5.92 Å². The largest absolute Gasteiger partial charge is 0.381 e. The highest BCUT2D eigenvalue weighted by Gasteiger charge is 2.24. The number of amides is 1. The van der Waals surface area contributed by atoms with Crippen LogP contribution in [0.4, 0.5) is 0 Å². The van der Waals surface area contributed by atoms with Crippen LogP contribution >= 0.6 is 0 Å². The predicted octanol–water partition coefficient (Wildman–Crippen LogP) is 2.17. The highest BCUT2D eigenvalue weighted by molar-refractivity contribution is 5.79. The lowest BCUT2D eigenvalue weighted by Gasteiger charge is -2.25. The van der Waals surface area contributed by atoms with Crippen LogP contribution < -0.4 is 5.32 Å². The molecule has 0 saturated carbocycles. The lowest BCUT2D eigenvalue weighted by Crippen LogP contribution is -2.38. The van der Waals surface area contributed by atoms with Crippen molar-refractivity contribution >= 4 is 5.91 Å². The summed E-state index contributed by atoms with van der Waals surface area (Å²) in [6, 6.07) is 10.0. The Balaban J connectivity index is 1.71. The molecule has 0 spiro atoms. The van der Waals surface area contributed by atoms with Crippen LogP contribution in [0.3, 0.4) is 0 Å². The maximum absolute atomic E-state index is 12.5. The Bertz CT molecular complexity index is 577. The minimum atomic E-state index is -0.0502. The van der Waals surface area contributed by atoms with Gasteiger partial charge >= 0.3 is 0 Å². The first-order valence-corrected chi connectivity index (χ1v) is 7.72. The number of nitrogens with one attached hydrogen (secondary N) is 1. The molecule has 2 aromatic rings. The number of carbonyl (C=O) groups excluding carboxylic acids is 1. The van der Waals surface area contributed by atoms with E-state index in [1.807, 2.05) is 41.1 Å². The number of hydrogen-bond donors (Lipinski definition) is 1. The average Bonchev–Trinajstić information content (AvgIpc) is 3.09. The van der Waals surface area contributed by atoms with Crippen molar-refractivity contribution in [3.63, 3.8) is 0 Å². The van der Waals surface area contributed by atoms with E-state index < -0.39 is 0 Å². The van der Waals surface area contributed by atoms with E-state index in [4.69, 9.17) is 4.74 Å². The fourth-order valence-corrected chi connectivity index (χ4v) is 2.77. The molecule has 0 aliphatic carbocycles. The maximum atomic E-state index is 12.5. The summed E-state index contributed by atoms with van der Waals surface area (Å²) >= 11 is 0. The van der Waals surface area contributed by atoms with E-state index in [9.17, 15) is 4.79 Å². The van der Waals surface area contributed by atoms with Gasteiger partial charge in [0.2, 0.25) is 5.91 Å². The van der Waals surface area contributed by atoms with Crippen molar-refractivity contribution in [2.75, 3.05) is 13.2 Å². The highest BCUT2D eigenvalue weighted by Crippen LogP contribution is 2.19. The molecule has 1 aliphatic rings. The summed E-state index contributed by atoms with van der Waals surface area (Å²) in [5.74, 6) is 0.181. The van der Waals surface area contributed by atoms with Gasteiger partial charge in [-0.3, -0.25) is 4.79 Å². The smallest absolute Gasteiger partial charge is 0.223 e. The van der Waals surface area contributed by atoms with Crippen LogP contribution in [0.25, 0.3) is 0 Å². The summed E-state index contributed by atoms with van der Waals surface area (Å²) in [5, 5.41) is 3.20. The second-order valence-electron chi connectivity index (χ2n) is 5.62. The second kappa shape index (κ2) is 7.22. The molecule has 5 nitrogen and oxygen atoms in total. The van der Waals surface area contributed by atoms with E-state index >= 15 is 0 Å². The third-order valence-electron chi connectivity index (χ3n) is 4.06. The van der Waals surface area contributed by atoms with Gasteiger partial charge in [0.25, 0.3) is 0 Å². The van der Waals surface area contributed by atoms with Crippen LogP contribution in [0, 0.1) is 5.92 Å². The zero-order valence-electron chi connectivity index (χ0n) is 12.5. The van der Waals surface area contributed by atoms with E-state index in [0.717, 1.165) is 18.4 Å². The zero-order chi connectivity index (χ0) is 15.2. The van der Waals surface area contributed by atoms with Crippen LogP contribution in [0.1, 0.15) is 24.4 Å². The van der Waals surface area contributed by atoms with Gasteiger partial charge in [0, 0.05) is 38.1 Å². The molecule has 1 saturated heterocycles.